The van der Waals surface area contributed by atoms with Crippen LogP contribution in [-0.4, -0.2) is 58.9 Å². The van der Waals surface area contributed by atoms with Crippen molar-refractivity contribution in [1.29, 1.82) is 0 Å². The molecule has 0 bridgehead atoms. The second-order valence-corrected chi connectivity index (χ2v) is 6.10. The van der Waals surface area contributed by atoms with Gasteiger partial charge in [-0.2, -0.15) is 0 Å². The van der Waals surface area contributed by atoms with Gasteiger partial charge in [0.1, 0.15) is 5.82 Å². The highest BCUT2D eigenvalue weighted by atomic mass is 16.5. The first-order chi connectivity index (χ1) is 11.9. The highest BCUT2D eigenvalue weighted by Gasteiger charge is 2.09. The van der Waals surface area contributed by atoms with Crippen molar-refractivity contribution in [2.24, 2.45) is 0 Å². The minimum atomic E-state index is 0.862. The number of imidazole rings is 1. The van der Waals surface area contributed by atoms with Gasteiger partial charge in [0, 0.05) is 19.6 Å². The molecule has 0 spiro atoms. The van der Waals surface area contributed by atoms with Crippen LogP contribution in [-0.2, 0) is 4.74 Å². The van der Waals surface area contributed by atoms with Crippen LogP contribution in [0, 0.1) is 0 Å². The summed E-state index contributed by atoms with van der Waals surface area (Å²) in [4.78, 5) is 6.85. The number of rotatable bonds is 8. The lowest BCUT2D eigenvalue weighted by molar-refractivity contribution is 0.0378. The zero-order chi connectivity index (χ0) is 16.6. The van der Waals surface area contributed by atoms with Crippen LogP contribution in [0.15, 0.2) is 24.4 Å². The zero-order valence-electron chi connectivity index (χ0n) is 14.4. The molecule has 3 heterocycles. The first-order valence-electron chi connectivity index (χ1n) is 8.92. The molecule has 1 aliphatic rings. The summed E-state index contributed by atoms with van der Waals surface area (Å²) < 4.78 is 7.27. The Bertz CT molecular complexity index is 660. The normalized spacial score (nSPS) is 16.2. The average molecular weight is 329 g/mol. The van der Waals surface area contributed by atoms with Gasteiger partial charge in [0.25, 0.3) is 0 Å². The second kappa shape index (κ2) is 8.80. The predicted octanol–water partition coefficient (Wildman–Crippen LogP) is 2.68. The Kier molecular flexibility index (Phi) is 6.20. The molecule has 6 heteroatoms. The molecule has 1 aliphatic heterocycles. The molecule has 0 saturated carbocycles. The summed E-state index contributed by atoms with van der Waals surface area (Å²) >= 11 is 0. The van der Waals surface area contributed by atoms with E-state index in [1.165, 1.54) is 0 Å². The number of nitrogens with one attached hydrogen (secondary N) is 1. The molecule has 0 amide bonds. The fourth-order valence-corrected chi connectivity index (χ4v) is 2.81. The van der Waals surface area contributed by atoms with Gasteiger partial charge in [0.05, 0.1) is 25.1 Å². The van der Waals surface area contributed by atoms with Crippen LogP contribution in [0.1, 0.15) is 31.9 Å². The van der Waals surface area contributed by atoms with Crippen LogP contribution in [0.5, 0.6) is 0 Å². The predicted molar refractivity (Wildman–Crippen MR) is 97.3 cm³/mol. The summed E-state index contributed by atoms with van der Waals surface area (Å²) in [5.41, 5.74) is 1.90. The molecule has 0 aliphatic carbocycles. The molecule has 1 N–H and O–H groups in total. The van der Waals surface area contributed by atoms with E-state index in [1.807, 2.05) is 22.8 Å². The van der Waals surface area contributed by atoms with E-state index >= 15 is 0 Å². The molecule has 0 radical (unpaired) electrons. The highest BCUT2D eigenvalue weighted by molar-refractivity contribution is 5.53. The Morgan fingerprint density at radius 3 is 3.00 bits per heavy atom. The number of aromatic nitrogens is 3. The number of morpholine rings is 1. The van der Waals surface area contributed by atoms with Gasteiger partial charge in [-0.1, -0.05) is 19.4 Å². The summed E-state index contributed by atoms with van der Waals surface area (Å²) in [5, 5.41) is 8.08. The molecule has 24 heavy (non-hydrogen) atoms. The van der Waals surface area contributed by atoms with E-state index in [4.69, 9.17) is 4.74 Å². The average Bonchev–Trinajstić information content (AvgIpc) is 3.02. The summed E-state index contributed by atoms with van der Waals surface area (Å²) in [6, 6.07) is 4.01. The van der Waals surface area contributed by atoms with Crippen molar-refractivity contribution in [2.45, 2.75) is 26.2 Å². The lowest BCUT2D eigenvalue weighted by atomic mass is 10.3. The fourth-order valence-electron chi connectivity index (χ4n) is 2.81. The number of unbranched alkanes of at least 4 members (excludes halogenated alkanes) is 1. The largest absolute Gasteiger partial charge is 0.379 e. The summed E-state index contributed by atoms with van der Waals surface area (Å²) in [6.07, 6.45) is 9.47. The first-order valence-corrected chi connectivity index (χ1v) is 8.92. The Morgan fingerprint density at radius 1 is 1.29 bits per heavy atom. The molecular weight excluding hydrogens is 302 g/mol. The second-order valence-electron chi connectivity index (χ2n) is 6.10. The fraction of sp³-hybridized carbons (Fsp3) is 0.556. The molecule has 2 aromatic heterocycles. The number of anilines is 1. The molecule has 0 aromatic carbocycles. The summed E-state index contributed by atoms with van der Waals surface area (Å²) in [5.74, 6) is 0.896. The lowest BCUT2D eigenvalue weighted by Gasteiger charge is -2.26. The number of nitrogens with zero attached hydrogens (tertiary/aromatic N) is 4. The van der Waals surface area contributed by atoms with E-state index in [9.17, 15) is 0 Å². The minimum Gasteiger partial charge on any atom is -0.379 e. The standard InChI is InChI=1S/C18H27N5O/c1-2-3-4-6-16-15-20-18-8-7-17(21-23(16)18)19-9-5-10-22-11-13-24-14-12-22/h4,6-8,15H,2-3,5,9-14H2,1H3,(H,19,21). The number of hydrogen-bond donors (Lipinski definition) is 1. The van der Waals surface area contributed by atoms with Crippen LogP contribution in [0.25, 0.3) is 11.7 Å². The van der Waals surface area contributed by atoms with Gasteiger partial charge in [0.2, 0.25) is 0 Å². The number of allylic oxidation sites excluding steroid dienone is 1. The number of hydrogen-bond acceptors (Lipinski definition) is 5. The molecule has 2 aromatic rings. The first kappa shape index (κ1) is 16.9. The Hall–Kier alpha value is -1.92. The van der Waals surface area contributed by atoms with E-state index < -0.39 is 0 Å². The third kappa shape index (κ3) is 4.55. The van der Waals surface area contributed by atoms with E-state index in [0.717, 1.165) is 75.8 Å². The maximum absolute atomic E-state index is 5.37. The van der Waals surface area contributed by atoms with Crippen LogP contribution >= 0.6 is 0 Å². The van der Waals surface area contributed by atoms with Crippen molar-refractivity contribution >= 4 is 17.5 Å². The van der Waals surface area contributed by atoms with Crippen LogP contribution in [0.3, 0.4) is 0 Å². The lowest BCUT2D eigenvalue weighted by Crippen LogP contribution is -2.37. The molecule has 0 unspecified atom stereocenters. The van der Waals surface area contributed by atoms with Gasteiger partial charge in [-0.15, -0.1) is 5.10 Å². The van der Waals surface area contributed by atoms with Gasteiger partial charge in [-0.3, -0.25) is 4.90 Å². The monoisotopic (exact) mass is 329 g/mol. The van der Waals surface area contributed by atoms with Crippen molar-refractivity contribution in [1.82, 2.24) is 19.5 Å². The molecule has 6 nitrogen and oxygen atoms in total. The topological polar surface area (TPSA) is 54.7 Å². The Balaban J connectivity index is 1.53. The van der Waals surface area contributed by atoms with Crippen LogP contribution < -0.4 is 5.32 Å². The van der Waals surface area contributed by atoms with Gasteiger partial charge in [-0.05, 0) is 37.6 Å². The highest BCUT2D eigenvalue weighted by Crippen LogP contribution is 2.11. The molecule has 0 atom stereocenters. The number of ether oxygens (including phenoxy) is 1. The van der Waals surface area contributed by atoms with Gasteiger partial charge in [-0.25, -0.2) is 9.50 Å². The van der Waals surface area contributed by atoms with Gasteiger partial charge >= 0.3 is 0 Å². The van der Waals surface area contributed by atoms with E-state index in [2.05, 4.69) is 39.4 Å². The van der Waals surface area contributed by atoms with Crippen molar-refractivity contribution in [3.05, 3.63) is 30.1 Å². The van der Waals surface area contributed by atoms with Crippen LogP contribution in [0.2, 0.25) is 0 Å². The molecule has 1 fully saturated rings. The minimum absolute atomic E-state index is 0.862. The maximum Gasteiger partial charge on any atom is 0.154 e. The summed E-state index contributed by atoms with van der Waals surface area (Å²) in [7, 11) is 0. The Labute approximate surface area is 143 Å². The third-order valence-electron chi connectivity index (χ3n) is 4.19. The molecular formula is C18H27N5O. The Morgan fingerprint density at radius 2 is 2.17 bits per heavy atom. The summed E-state index contributed by atoms with van der Waals surface area (Å²) in [6.45, 7) is 8.02. The zero-order valence-corrected chi connectivity index (χ0v) is 14.4. The molecule has 1 saturated heterocycles. The van der Waals surface area contributed by atoms with Crippen molar-refractivity contribution < 1.29 is 4.74 Å². The van der Waals surface area contributed by atoms with Gasteiger partial charge < -0.3 is 10.1 Å². The SMILES string of the molecule is CCCC=Cc1cnc2ccc(NCCCN3CCOCC3)nn12. The van der Waals surface area contributed by atoms with E-state index in [-0.39, 0.29) is 0 Å². The number of fused-ring (bicyclic) bond motifs is 1. The van der Waals surface area contributed by atoms with E-state index in [0.29, 0.717) is 0 Å². The van der Waals surface area contributed by atoms with Crippen molar-refractivity contribution in [3.8, 4) is 0 Å². The third-order valence-corrected chi connectivity index (χ3v) is 4.19. The quantitative estimate of drug-likeness (QED) is 0.755. The van der Waals surface area contributed by atoms with Crippen molar-refractivity contribution in [2.75, 3.05) is 44.7 Å². The van der Waals surface area contributed by atoms with Crippen LogP contribution in [0.4, 0.5) is 5.82 Å². The van der Waals surface area contributed by atoms with Crippen molar-refractivity contribution in [3.63, 3.8) is 0 Å². The maximum atomic E-state index is 5.37. The molecule has 130 valence electrons. The van der Waals surface area contributed by atoms with Gasteiger partial charge in [0.15, 0.2) is 5.65 Å². The van der Waals surface area contributed by atoms with E-state index in [1.54, 1.807) is 0 Å². The smallest absolute Gasteiger partial charge is 0.154 e. The molecule has 3 rings (SSSR count).